The molecule has 2 aromatic rings. The lowest BCUT2D eigenvalue weighted by Gasteiger charge is -2.35. The molecule has 3 amide bonds. The molecule has 0 aliphatic carbocycles. The number of hydrogen-bond acceptors (Lipinski definition) is 5. The van der Waals surface area contributed by atoms with E-state index in [1.54, 1.807) is 26.8 Å². The molecule has 1 aromatic carbocycles. The number of hydrogen-bond donors (Lipinski definition) is 0. The molecule has 0 N–H and O–H groups in total. The Morgan fingerprint density at radius 2 is 1.83 bits per heavy atom. The maximum atomic E-state index is 12.7. The van der Waals surface area contributed by atoms with Gasteiger partial charge in [-0.3, -0.25) is 14.4 Å². The Labute approximate surface area is 168 Å². The third-order valence-corrected chi connectivity index (χ3v) is 5.26. The zero-order valence-electron chi connectivity index (χ0n) is 16.3. The van der Waals surface area contributed by atoms with E-state index in [4.69, 9.17) is 9.15 Å². The van der Waals surface area contributed by atoms with Crippen LogP contribution in [0.3, 0.4) is 0 Å². The van der Waals surface area contributed by atoms with Crippen molar-refractivity contribution in [2.45, 2.75) is 13.3 Å². The van der Waals surface area contributed by atoms with Gasteiger partial charge in [0.2, 0.25) is 5.91 Å². The molecule has 0 saturated carbocycles. The predicted molar refractivity (Wildman–Crippen MR) is 105 cm³/mol. The summed E-state index contributed by atoms with van der Waals surface area (Å²) in [6.07, 6.45) is 1.70. The van der Waals surface area contributed by atoms with Crippen LogP contribution in [-0.4, -0.2) is 66.9 Å². The minimum absolute atomic E-state index is 0.0161. The highest BCUT2D eigenvalue weighted by atomic mass is 16.5. The number of amides is 3. The maximum absolute atomic E-state index is 12.7. The van der Waals surface area contributed by atoms with E-state index >= 15 is 0 Å². The van der Waals surface area contributed by atoms with Crippen LogP contribution in [0.1, 0.15) is 22.5 Å². The Bertz CT molecular complexity index is 916. The average molecular weight is 397 g/mol. The van der Waals surface area contributed by atoms with Gasteiger partial charge in [0, 0.05) is 39.1 Å². The van der Waals surface area contributed by atoms with Crippen molar-refractivity contribution in [1.82, 2.24) is 9.80 Å². The number of anilines is 1. The molecule has 0 spiro atoms. The molecule has 1 saturated heterocycles. The van der Waals surface area contributed by atoms with Crippen LogP contribution in [0.2, 0.25) is 0 Å². The van der Waals surface area contributed by atoms with E-state index < -0.39 is 0 Å². The molecule has 0 radical (unpaired) electrons. The lowest BCUT2D eigenvalue weighted by molar-refractivity contribution is -0.132. The second-order valence-electron chi connectivity index (χ2n) is 7.21. The van der Waals surface area contributed by atoms with Crippen LogP contribution in [0.15, 0.2) is 41.0 Å². The maximum Gasteiger partial charge on any atom is 0.289 e. The van der Waals surface area contributed by atoms with Crippen molar-refractivity contribution in [1.29, 1.82) is 0 Å². The summed E-state index contributed by atoms with van der Waals surface area (Å²) in [7, 11) is 0. The molecule has 0 bridgehead atoms. The summed E-state index contributed by atoms with van der Waals surface area (Å²) < 4.78 is 10.6. The Balaban J connectivity index is 1.32. The first kappa shape index (κ1) is 19.0. The summed E-state index contributed by atoms with van der Waals surface area (Å²) in [6.45, 7) is 4.11. The molecule has 1 fully saturated rings. The fraction of sp³-hybridized carbons (Fsp3) is 0.381. The van der Waals surface area contributed by atoms with Gasteiger partial charge >= 0.3 is 0 Å². The lowest BCUT2D eigenvalue weighted by Crippen LogP contribution is -2.51. The van der Waals surface area contributed by atoms with E-state index in [2.05, 4.69) is 0 Å². The van der Waals surface area contributed by atoms with Crippen molar-refractivity contribution in [2.24, 2.45) is 0 Å². The summed E-state index contributed by atoms with van der Waals surface area (Å²) in [5.41, 5.74) is 1.73. The smallest absolute Gasteiger partial charge is 0.289 e. The summed E-state index contributed by atoms with van der Waals surface area (Å²) >= 11 is 0. The van der Waals surface area contributed by atoms with Crippen LogP contribution >= 0.6 is 0 Å². The number of nitrogens with zero attached hydrogens (tertiary/aromatic N) is 3. The number of carbonyl (C=O) groups is 3. The van der Waals surface area contributed by atoms with Gasteiger partial charge in [-0.05, 0) is 36.8 Å². The van der Waals surface area contributed by atoms with Crippen molar-refractivity contribution >= 4 is 23.4 Å². The number of benzene rings is 1. The van der Waals surface area contributed by atoms with Gasteiger partial charge in [-0.2, -0.15) is 0 Å². The quantitative estimate of drug-likeness (QED) is 0.784. The van der Waals surface area contributed by atoms with E-state index in [1.807, 2.05) is 25.1 Å². The first-order valence-electron chi connectivity index (χ1n) is 9.67. The summed E-state index contributed by atoms with van der Waals surface area (Å²) in [5.74, 6) is 0.638. The Kier molecular flexibility index (Phi) is 5.24. The van der Waals surface area contributed by atoms with Crippen LogP contribution in [-0.2, 0) is 9.59 Å². The fourth-order valence-electron chi connectivity index (χ4n) is 3.64. The standard InChI is InChI=1S/C21H23N3O5/c1-15-4-5-17-16(13-15)24(20(26)14-29-17)7-6-19(25)22-8-10-23(11-9-22)21(27)18-3-2-12-28-18/h2-5,12-13H,6-11,14H2,1H3. The number of aryl methyl sites for hydroxylation is 1. The monoisotopic (exact) mass is 397 g/mol. The third kappa shape index (κ3) is 3.96. The molecular formula is C21H23N3O5. The predicted octanol–water partition coefficient (Wildman–Crippen LogP) is 1.69. The Morgan fingerprint density at radius 1 is 1.07 bits per heavy atom. The second-order valence-corrected chi connectivity index (χ2v) is 7.21. The van der Waals surface area contributed by atoms with Crippen LogP contribution in [0.5, 0.6) is 5.75 Å². The molecule has 3 heterocycles. The second kappa shape index (κ2) is 7.98. The van der Waals surface area contributed by atoms with E-state index in [-0.39, 0.29) is 30.7 Å². The topological polar surface area (TPSA) is 83.3 Å². The molecule has 2 aliphatic heterocycles. The molecule has 152 valence electrons. The van der Waals surface area contributed by atoms with Gasteiger partial charge < -0.3 is 23.9 Å². The van der Waals surface area contributed by atoms with Gasteiger partial charge in [0.1, 0.15) is 5.75 Å². The average Bonchev–Trinajstić information content (AvgIpc) is 3.27. The molecular weight excluding hydrogens is 374 g/mol. The van der Waals surface area contributed by atoms with E-state index in [9.17, 15) is 14.4 Å². The first-order chi connectivity index (χ1) is 14.0. The van der Waals surface area contributed by atoms with Gasteiger partial charge in [0.25, 0.3) is 11.8 Å². The van der Waals surface area contributed by atoms with Crippen molar-refractivity contribution in [3.63, 3.8) is 0 Å². The minimum Gasteiger partial charge on any atom is -0.482 e. The number of piperazine rings is 1. The van der Waals surface area contributed by atoms with Crippen LogP contribution in [0.4, 0.5) is 5.69 Å². The number of fused-ring (bicyclic) bond motifs is 1. The minimum atomic E-state index is -0.159. The van der Waals surface area contributed by atoms with Crippen LogP contribution in [0, 0.1) is 6.92 Å². The van der Waals surface area contributed by atoms with Gasteiger partial charge in [0.15, 0.2) is 12.4 Å². The van der Waals surface area contributed by atoms with Gasteiger partial charge in [-0.25, -0.2) is 0 Å². The zero-order valence-corrected chi connectivity index (χ0v) is 16.3. The summed E-state index contributed by atoms with van der Waals surface area (Å²) in [6, 6.07) is 9.00. The van der Waals surface area contributed by atoms with Gasteiger partial charge in [-0.15, -0.1) is 0 Å². The molecule has 2 aliphatic rings. The highest BCUT2D eigenvalue weighted by Crippen LogP contribution is 2.32. The number of ether oxygens (including phenoxy) is 1. The molecule has 8 nitrogen and oxygen atoms in total. The molecule has 4 rings (SSSR count). The first-order valence-corrected chi connectivity index (χ1v) is 9.67. The lowest BCUT2D eigenvalue weighted by atomic mass is 10.1. The Hall–Kier alpha value is -3.29. The highest BCUT2D eigenvalue weighted by Gasteiger charge is 2.29. The summed E-state index contributed by atoms with van der Waals surface area (Å²) in [4.78, 5) is 42.4. The largest absolute Gasteiger partial charge is 0.482 e. The van der Waals surface area contributed by atoms with Crippen molar-refractivity contribution < 1.29 is 23.5 Å². The number of carbonyl (C=O) groups excluding carboxylic acids is 3. The SMILES string of the molecule is Cc1ccc2c(c1)N(CCC(=O)N1CCN(C(=O)c3ccco3)CC1)C(=O)CO2. The van der Waals surface area contributed by atoms with Crippen molar-refractivity contribution in [2.75, 3.05) is 44.2 Å². The van der Waals surface area contributed by atoms with Crippen molar-refractivity contribution in [3.05, 3.63) is 47.9 Å². The third-order valence-electron chi connectivity index (χ3n) is 5.26. The van der Waals surface area contributed by atoms with Crippen molar-refractivity contribution in [3.8, 4) is 5.75 Å². The fourth-order valence-corrected chi connectivity index (χ4v) is 3.64. The number of rotatable bonds is 4. The number of furan rings is 1. The molecule has 1 aromatic heterocycles. The molecule has 0 unspecified atom stereocenters. The summed E-state index contributed by atoms with van der Waals surface area (Å²) in [5, 5.41) is 0. The van der Waals surface area contributed by atoms with E-state index in [1.165, 1.54) is 6.26 Å². The van der Waals surface area contributed by atoms with E-state index in [0.717, 1.165) is 5.56 Å². The molecule has 29 heavy (non-hydrogen) atoms. The van der Waals surface area contributed by atoms with Gasteiger partial charge in [0.05, 0.1) is 12.0 Å². The van der Waals surface area contributed by atoms with Crippen LogP contribution < -0.4 is 9.64 Å². The van der Waals surface area contributed by atoms with Crippen LogP contribution in [0.25, 0.3) is 0 Å². The normalized spacial score (nSPS) is 16.4. The Morgan fingerprint density at radius 3 is 2.55 bits per heavy atom. The molecule has 8 heteroatoms. The zero-order chi connectivity index (χ0) is 20.4. The van der Waals surface area contributed by atoms with E-state index in [0.29, 0.717) is 49.9 Å². The highest BCUT2D eigenvalue weighted by molar-refractivity contribution is 5.98. The van der Waals surface area contributed by atoms with Gasteiger partial charge in [-0.1, -0.05) is 6.07 Å². The molecule has 0 atom stereocenters.